The molecule has 0 aliphatic carbocycles. The maximum atomic E-state index is 8.61. The summed E-state index contributed by atoms with van der Waals surface area (Å²) in [5.74, 6) is 0. The lowest BCUT2D eigenvalue weighted by atomic mass is 10.1. The van der Waals surface area contributed by atoms with Crippen LogP contribution in [0, 0.1) is 0 Å². The first-order valence-corrected chi connectivity index (χ1v) is 6.89. The summed E-state index contributed by atoms with van der Waals surface area (Å²) in [6.45, 7) is 7.44. The predicted octanol–water partition coefficient (Wildman–Crippen LogP) is 1.95. The van der Waals surface area contributed by atoms with E-state index in [9.17, 15) is 0 Å². The van der Waals surface area contributed by atoms with Crippen molar-refractivity contribution in [2.24, 2.45) is 0 Å². The van der Waals surface area contributed by atoms with Crippen LogP contribution in [0.3, 0.4) is 0 Å². The van der Waals surface area contributed by atoms with Crippen LogP contribution in [0.2, 0.25) is 0 Å². The van der Waals surface area contributed by atoms with Crippen molar-refractivity contribution < 1.29 is 9.84 Å². The lowest BCUT2D eigenvalue weighted by Gasteiger charge is -2.15. The maximum Gasteiger partial charge on any atom is 0.0698 e. The molecular weight excluding hydrogens is 228 g/mol. The minimum absolute atomic E-state index is 0.0930. The molecule has 0 fully saturated rings. The molecule has 4 heteroatoms. The molecule has 1 unspecified atom stereocenters. The van der Waals surface area contributed by atoms with E-state index in [1.54, 1.807) is 0 Å². The molecule has 18 heavy (non-hydrogen) atoms. The van der Waals surface area contributed by atoms with Gasteiger partial charge in [-0.05, 0) is 31.0 Å². The van der Waals surface area contributed by atoms with Crippen LogP contribution in [0.15, 0.2) is 18.5 Å². The van der Waals surface area contributed by atoms with E-state index in [0.717, 1.165) is 25.9 Å². The summed E-state index contributed by atoms with van der Waals surface area (Å²) < 4.78 is 7.40. The standard InChI is InChI=1S/C14H26N2O2/c1-3-6-15-14(4-2)13-5-7-16(12-13)8-10-18-11-9-17/h5,7,12,14-15,17H,3-4,6,8-11H2,1-2H3. The van der Waals surface area contributed by atoms with E-state index in [-0.39, 0.29) is 6.61 Å². The topological polar surface area (TPSA) is 46.4 Å². The van der Waals surface area contributed by atoms with Crippen molar-refractivity contribution in [1.29, 1.82) is 0 Å². The number of nitrogens with one attached hydrogen (secondary N) is 1. The molecule has 1 heterocycles. The highest BCUT2D eigenvalue weighted by Gasteiger charge is 2.09. The van der Waals surface area contributed by atoms with Gasteiger partial charge in [-0.3, -0.25) is 0 Å². The lowest BCUT2D eigenvalue weighted by Crippen LogP contribution is -2.21. The second-order valence-corrected chi connectivity index (χ2v) is 4.43. The molecule has 0 aromatic carbocycles. The molecule has 1 aromatic rings. The normalized spacial score (nSPS) is 12.8. The van der Waals surface area contributed by atoms with Crippen LogP contribution < -0.4 is 5.32 Å². The van der Waals surface area contributed by atoms with E-state index in [2.05, 4.69) is 42.2 Å². The van der Waals surface area contributed by atoms with E-state index in [1.165, 1.54) is 5.56 Å². The van der Waals surface area contributed by atoms with Crippen LogP contribution in [-0.2, 0) is 11.3 Å². The molecule has 0 saturated heterocycles. The Bertz CT molecular complexity index is 312. The molecule has 104 valence electrons. The van der Waals surface area contributed by atoms with E-state index in [1.807, 2.05) is 0 Å². The summed E-state index contributed by atoms with van der Waals surface area (Å²) in [7, 11) is 0. The Hall–Kier alpha value is -0.840. The third-order valence-corrected chi connectivity index (χ3v) is 2.95. The zero-order chi connectivity index (χ0) is 13.2. The van der Waals surface area contributed by atoms with Crippen molar-refractivity contribution in [3.8, 4) is 0 Å². The van der Waals surface area contributed by atoms with Gasteiger partial charge in [0.1, 0.15) is 0 Å². The number of hydrogen-bond acceptors (Lipinski definition) is 3. The second-order valence-electron chi connectivity index (χ2n) is 4.43. The van der Waals surface area contributed by atoms with E-state index in [4.69, 9.17) is 9.84 Å². The maximum absolute atomic E-state index is 8.61. The summed E-state index contributed by atoms with van der Waals surface area (Å²) in [5, 5.41) is 12.2. The number of rotatable bonds is 10. The summed E-state index contributed by atoms with van der Waals surface area (Å²) in [5.41, 5.74) is 1.34. The van der Waals surface area contributed by atoms with Gasteiger partial charge in [-0.2, -0.15) is 0 Å². The predicted molar refractivity (Wildman–Crippen MR) is 73.7 cm³/mol. The third-order valence-electron chi connectivity index (χ3n) is 2.95. The highest BCUT2D eigenvalue weighted by Crippen LogP contribution is 2.16. The van der Waals surface area contributed by atoms with Crippen molar-refractivity contribution in [1.82, 2.24) is 9.88 Å². The van der Waals surface area contributed by atoms with Gasteiger partial charge in [0.2, 0.25) is 0 Å². The van der Waals surface area contributed by atoms with Gasteiger partial charge in [0.25, 0.3) is 0 Å². The lowest BCUT2D eigenvalue weighted by molar-refractivity contribution is 0.0870. The van der Waals surface area contributed by atoms with Gasteiger partial charge in [-0.15, -0.1) is 0 Å². The zero-order valence-corrected chi connectivity index (χ0v) is 11.6. The Morgan fingerprint density at radius 3 is 2.89 bits per heavy atom. The SMILES string of the molecule is CCCNC(CC)c1ccn(CCOCCO)c1. The molecule has 1 atom stereocenters. The Balaban J connectivity index is 2.40. The van der Waals surface area contributed by atoms with E-state index < -0.39 is 0 Å². The minimum atomic E-state index is 0.0930. The minimum Gasteiger partial charge on any atom is -0.394 e. The number of aliphatic hydroxyl groups excluding tert-OH is 1. The summed E-state index contributed by atoms with van der Waals surface area (Å²) in [6.07, 6.45) is 6.53. The van der Waals surface area contributed by atoms with Crippen LogP contribution in [0.1, 0.15) is 38.3 Å². The molecule has 1 rings (SSSR count). The largest absolute Gasteiger partial charge is 0.394 e. The average molecular weight is 254 g/mol. The molecule has 1 aromatic heterocycles. The Morgan fingerprint density at radius 2 is 2.22 bits per heavy atom. The monoisotopic (exact) mass is 254 g/mol. The van der Waals surface area contributed by atoms with Crippen molar-refractivity contribution in [2.75, 3.05) is 26.4 Å². The van der Waals surface area contributed by atoms with Gasteiger partial charge in [0.15, 0.2) is 0 Å². The molecule has 0 spiro atoms. The number of aromatic nitrogens is 1. The summed E-state index contributed by atoms with van der Waals surface area (Å²) in [4.78, 5) is 0. The second kappa shape index (κ2) is 9.14. The Kier molecular flexibility index (Phi) is 7.73. The molecule has 0 saturated carbocycles. The fourth-order valence-electron chi connectivity index (χ4n) is 1.96. The number of nitrogens with zero attached hydrogens (tertiary/aromatic N) is 1. The van der Waals surface area contributed by atoms with Crippen LogP contribution in [0.25, 0.3) is 0 Å². The molecule has 0 aliphatic rings. The first-order chi connectivity index (χ1) is 8.81. The zero-order valence-electron chi connectivity index (χ0n) is 11.6. The molecule has 0 bridgehead atoms. The fraction of sp³-hybridized carbons (Fsp3) is 0.714. The van der Waals surface area contributed by atoms with Gasteiger partial charge in [-0.1, -0.05) is 13.8 Å². The molecule has 2 N–H and O–H groups in total. The Labute approximate surface area is 110 Å². The van der Waals surface area contributed by atoms with Crippen molar-refractivity contribution in [3.63, 3.8) is 0 Å². The van der Waals surface area contributed by atoms with Crippen molar-refractivity contribution >= 4 is 0 Å². The van der Waals surface area contributed by atoms with Gasteiger partial charge in [0.05, 0.1) is 19.8 Å². The van der Waals surface area contributed by atoms with Crippen LogP contribution in [0.5, 0.6) is 0 Å². The highest BCUT2D eigenvalue weighted by molar-refractivity contribution is 5.15. The summed E-state index contributed by atoms with van der Waals surface area (Å²) in [6, 6.07) is 2.62. The van der Waals surface area contributed by atoms with Crippen molar-refractivity contribution in [3.05, 3.63) is 24.0 Å². The summed E-state index contributed by atoms with van der Waals surface area (Å²) >= 11 is 0. The first-order valence-electron chi connectivity index (χ1n) is 6.89. The first kappa shape index (κ1) is 15.2. The van der Waals surface area contributed by atoms with Crippen LogP contribution >= 0.6 is 0 Å². The van der Waals surface area contributed by atoms with Crippen molar-refractivity contribution in [2.45, 2.75) is 39.3 Å². The number of aliphatic hydroxyl groups is 1. The van der Waals surface area contributed by atoms with Gasteiger partial charge in [-0.25, -0.2) is 0 Å². The van der Waals surface area contributed by atoms with Crippen LogP contribution in [-0.4, -0.2) is 36.0 Å². The smallest absolute Gasteiger partial charge is 0.0698 e. The molecule has 4 nitrogen and oxygen atoms in total. The fourth-order valence-corrected chi connectivity index (χ4v) is 1.96. The van der Waals surface area contributed by atoms with E-state index in [0.29, 0.717) is 19.3 Å². The molecule has 0 aliphatic heterocycles. The average Bonchev–Trinajstić information content (AvgIpc) is 2.84. The van der Waals surface area contributed by atoms with Crippen LogP contribution in [0.4, 0.5) is 0 Å². The third kappa shape index (κ3) is 5.21. The van der Waals surface area contributed by atoms with Gasteiger partial charge in [0, 0.05) is 25.0 Å². The highest BCUT2D eigenvalue weighted by atomic mass is 16.5. The van der Waals surface area contributed by atoms with E-state index >= 15 is 0 Å². The van der Waals surface area contributed by atoms with Gasteiger partial charge < -0.3 is 19.7 Å². The van der Waals surface area contributed by atoms with Gasteiger partial charge >= 0.3 is 0 Å². The molecule has 0 radical (unpaired) electrons. The Morgan fingerprint density at radius 1 is 1.39 bits per heavy atom. The number of hydrogen-bond donors (Lipinski definition) is 2. The molecular formula is C14H26N2O2. The number of ether oxygens (including phenoxy) is 1. The quantitative estimate of drug-likeness (QED) is 0.627. The molecule has 0 amide bonds.